The Morgan fingerprint density at radius 3 is 2.44 bits per heavy atom. The van der Waals surface area contributed by atoms with Gasteiger partial charge in [-0.05, 0) is 52.5 Å². The smallest absolute Gasteiger partial charge is 0.323 e. The van der Waals surface area contributed by atoms with Crippen molar-refractivity contribution < 1.29 is 19.4 Å². The quantitative estimate of drug-likeness (QED) is 0.881. The van der Waals surface area contributed by atoms with Gasteiger partial charge in [0, 0.05) is 30.9 Å². The van der Waals surface area contributed by atoms with E-state index in [1.807, 2.05) is 10.7 Å². The SMILES string of the molecule is CC(C)(C)n1nc(C(=O)N(CC(=O)O)C2CCOCC2)cc1C1CC1. The predicted octanol–water partition coefficient (Wildman–Crippen LogP) is 2.22. The van der Waals surface area contributed by atoms with Gasteiger partial charge in [-0.25, -0.2) is 0 Å². The molecule has 0 spiro atoms. The fraction of sp³-hybridized carbons (Fsp3) is 0.722. The Balaban J connectivity index is 1.89. The predicted molar refractivity (Wildman–Crippen MR) is 91.7 cm³/mol. The van der Waals surface area contributed by atoms with Crippen LogP contribution in [-0.4, -0.2) is 57.5 Å². The molecule has 2 fully saturated rings. The van der Waals surface area contributed by atoms with Crippen molar-refractivity contribution in [1.29, 1.82) is 0 Å². The Morgan fingerprint density at radius 2 is 1.92 bits per heavy atom. The number of carboxylic acid groups (broad SMARTS) is 1. The minimum atomic E-state index is -1.00. The van der Waals surface area contributed by atoms with Crippen LogP contribution < -0.4 is 0 Å². The van der Waals surface area contributed by atoms with Crippen molar-refractivity contribution in [3.63, 3.8) is 0 Å². The molecule has 1 N–H and O–H groups in total. The molecule has 3 rings (SSSR count). The second-order valence-electron chi connectivity index (χ2n) is 7.98. The number of aliphatic carboxylic acids is 1. The Kier molecular flexibility index (Phi) is 4.86. The van der Waals surface area contributed by atoms with Gasteiger partial charge < -0.3 is 14.7 Å². The third-order valence-electron chi connectivity index (χ3n) is 4.79. The lowest BCUT2D eigenvalue weighted by Crippen LogP contribution is -2.46. The van der Waals surface area contributed by atoms with Crippen molar-refractivity contribution in [2.24, 2.45) is 0 Å². The summed E-state index contributed by atoms with van der Waals surface area (Å²) in [5.74, 6) is -0.832. The number of carbonyl (C=O) groups is 2. The van der Waals surface area contributed by atoms with E-state index in [1.54, 1.807) is 0 Å². The van der Waals surface area contributed by atoms with Gasteiger partial charge in [-0.1, -0.05) is 0 Å². The van der Waals surface area contributed by atoms with E-state index in [4.69, 9.17) is 4.74 Å². The summed E-state index contributed by atoms with van der Waals surface area (Å²) in [6.45, 7) is 7.00. The standard InChI is InChI=1S/C18H27N3O4/c1-18(2,3)21-15(12-4-5-12)10-14(19-21)17(24)20(11-16(22)23)13-6-8-25-9-7-13/h10,12-13H,4-9,11H2,1-3H3,(H,22,23). The van der Waals surface area contributed by atoms with Crippen molar-refractivity contribution in [1.82, 2.24) is 14.7 Å². The molecule has 1 aliphatic heterocycles. The summed E-state index contributed by atoms with van der Waals surface area (Å²) in [6.07, 6.45) is 3.56. The minimum Gasteiger partial charge on any atom is -0.480 e. The van der Waals surface area contributed by atoms with Gasteiger partial charge in [0.15, 0.2) is 5.69 Å². The normalized spacial score (nSPS) is 19.0. The summed E-state index contributed by atoms with van der Waals surface area (Å²) >= 11 is 0. The number of hydrogen-bond donors (Lipinski definition) is 1. The molecular weight excluding hydrogens is 322 g/mol. The van der Waals surface area contributed by atoms with E-state index in [0.717, 1.165) is 18.5 Å². The van der Waals surface area contributed by atoms with Gasteiger partial charge in [-0.3, -0.25) is 14.3 Å². The molecule has 7 heteroatoms. The Hall–Kier alpha value is -1.89. The molecular formula is C18H27N3O4. The molecule has 0 atom stereocenters. The Morgan fingerprint density at radius 1 is 1.28 bits per heavy atom. The number of nitrogens with zero attached hydrogens (tertiary/aromatic N) is 3. The summed E-state index contributed by atoms with van der Waals surface area (Å²) in [7, 11) is 0. The number of hydrogen-bond acceptors (Lipinski definition) is 4. The molecule has 0 aromatic carbocycles. The van der Waals surface area contributed by atoms with Crippen molar-refractivity contribution in [2.75, 3.05) is 19.8 Å². The van der Waals surface area contributed by atoms with E-state index >= 15 is 0 Å². The lowest BCUT2D eigenvalue weighted by molar-refractivity contribution is -0.138. The monoisotopic (exact) mass is 349 g/mol. The number of ether oxygens (including phenoxy) is 1. The van der Waals surface area contributed by atoms with Gasteiger partial charge >= 0.3 is 5.97 Å². The topological polar surface area (TPSA) is 84.7 Å². The number of carbonyl (C=O) groups excluding carboxylic acids is 1. The Labute approximate surface area is 147 Å². The molecule has 2 aliphatic rings. The molecule has 1 aromatic heterocycles. The zero-order valence-corrected chi connectivity index (χ0v) is 15.2. The molecule has 1 aliphatic carbocycles. The summed E-state index contributed by atoms with van der Waals surface area (Å²) < 4.78 is 7.27. The summed E-state index contributed by atoms with van der Waals surface area (Å²) in [5.41, 5.74) is 1.22. The lowest BCUT2D eigenvalue weighted by atomic mass is 10.1. The summed E-state index contributed by atoms with van der Waals surface area (Å²) in [6, 6.07) is 1.75. The first-order valence-electron chi connectivity index (χ1n) is 8.98. The van der Waals surface area contributed by atoms with E-state index in [9.17, 15) is 14.7 Å². The fourth-order valence-electron chi connectivity index (χ4n) is 3.36. The maximum absolute atomic E-state index is 13.1. The molecule has 25 heavy (non-hydrogen) atoms. The number of carboxylic acids is 1. The molecule has 1 amide bonds. The molecule has 7 nitrogen and oxygen atoms in total. The van der Waals surface area contributed by atoms with E-state index in [1.165, 1.54) is 4.90 Å². The maximum Gasteiger partial charge on any atom is 0.323 e. The maximum atomic E-state index is 13.1. The van der Waals surface area contributed by atoms with Crippen LogP contribution in [0.1, 0.15) is 68.6 Å². The Bertz CT molecular complexity index is 652. The van der Waals surface area contributed by atoms with Crippen LogP contribution in [0.25, 0.3) is 0 Å². The first-order chi connectivity index (χ1) is 11.8. The van der Waals surface area contributed by atoms with E-state index in [-0.39, 0.29) is 24.0 Å². The number of rotatable bonds is 5. The highest BCUT2D eigenvalue weighted by atomic mass is 16.5. The minimum absolute atomic E-state index is 0.110. The second-order valence-corrected chi connectivity index (χ2v) is 7.98. The molecule has 1 aromatic rings. The largest absolute Gasteiger partial charge is 0.480 e. The highest BCUT2D eigenvalue weighted by Crippen LogP contribution is 2.41. The molecule has 1 saturated carbocycles. The summed E-state index contributed by atoms with van der Waals surface area (Å²) in [5, 5.41) is 13.8. The van der Waals surface area contributed by atoms with E-state index in [2.05, 4.69) is 25.9 Å². The van der Waals surface area contributed by atoms with Gasteiger partial charge in [0.05, 0.1) is 5.54 Å². The average molecular weight is 349 g/mol. The van der Waals surface area contributed by atoms with Crippen molar-refractivity contribution in [3.8, 4) is 0 Å². The third-order valence-corrected chi connectivity index (χ3v) is 4.79. The molecule has 0 bridgehead atoms. The first-order valence-corrected chi connectivity index (χ1v) is 8.98. The third kappa shape index (κ3) is 4.03. The average Bonchev–Trinajstić information content (AvgIpc) is 3.29. The van der Waals surface area contributed by atoms with Crippen LogP contribution >= 0.6 is 0 Å². The van der Waals surface area contributed by atoms with Crippen LogP contribution in [0.5, 0.6) is 0 Å². The van der Waals surface area contributed by atoms with Crippen LogP contribution in [0.2, 0.25) is 0 Å². The second kappa shape index (κ2) is 6.78. The van der Waals surface area contributed by atoms with Crippen molar-refractivity contribution in [2.45, 2.75) is 64.0 Å². The number of aromatic nitrogens is 2. The fourth-order valence-corrected chi connectivity index (χ4v) is 3.36. The highest BCUT2D eigenvalue weighted by molar-refractivity contribution is 5.94. The van der Waals surface area contributed by atoms with E-state index in [0.29, 0.717) is 37.7 Å². The van der Waals surface area contributed by atoms with Crippen LogP contribution in [0.4, 0.5) is 0 Å². The molecule has 0 unspecified atom stereocenters. The van der Waals surface area contributed by atoms with Crippen LogP contribution in [0.15, 0.2) is 6.07 Å². The zero-order chi connectivity index (χ0) is 18.2. The first kappa shape index (κ1) is 17.9. The summed E-state index contributed by atoms with van der Waals surface area (Å²) in [4.78, 5) is 25.8. The lowest BCUT2D eigenvalue weighted by Gasteiger charge is -2.32. The van der Waals surface area contributed by atoms with Crippen LogP contribution in [0.3, 0.4) is 0 Å². The molecule has 2 heterocycles. The van der Waals surface area contributed by atoms with Gasteiger partial charge in [-0.15, -0.1) is 0 Å². The highest BCUT2D eigenvalue weighted by Gasteiger charge is 2.35. The van der Waals surface area contributed by atoms with Gasteiger partial charge in [-0.2, -0.15) is 5.10 Å². The van der Waals surface area contributed by atoms with Gasteiger partial charge in [0.2, 0.25) is 0 Å². The van der Waals surface area contributed by atoms with Gasteiger partial charge in [0.1, 0.15) is 6.54 Å². The van der Waals surface area contributed by atoms with Crippen molar-refractivity contribution >= 4 is 11.9 Å². The number of amides is 1. The van der Waals surface area contributed by atoms with Gasteiger partial charge in [0.25, 0.3) is 5.91 Å². The molecule has 0 radical (unpaired) electrons. The molecule has 1 saturated heterocycles. The molecule has 138 valence electrons. The van der Waals surface area contributed by atoms with Crippen LogP contribution in [0, 0.1) is 0 Å². The van der Waals surface area contributed by atoms with Crippen molar-refractivity contribution in [3.05, 3.63) is 17.5 Å². The van der Waals surface area contributed by atoms with Crippen LogP contribution in [-0.2, 0) is 15.1 Å². The zero-order valence-electron chi connectivity index (χ0n) is 15.2. The van der Waals surface area contributed by atoms with E-state index < -0.39 is 5.97 Å².